The third-order valence-electron chi connectivity index (χ3n) is 4.76. The first kappa shape index (κ1) is 15.1. The number of carboxylic acid groups (broad SMARTS) is 1. The van der Waals surface area contributed by atoms with Crippen molar-refractivity contribution in [2.75, 3.05) is 0 Å². The van der Waals surface area contributed by atoms with Gasteiger partial charge in [-0.3, -0.25) is 4.79 Å². The molecule has 1 fully saturated rings. The Hall–Kier alpha value is -1.25. The van der Waals surface area contributed by atoms with Crippen LogP contribution in [0.2, 0.25) is 0 Å². The number of hydrogen-bond donors (Lipinski definition) is 1. The van der Waals surface area contributed by atoms with Gasteiger partial charge in [0.05, 0.1) is 5.92 Å². The summed E-state index contributed by atoms with van der Waals surface area (Å²) in [5.41, 5.74) is 3.35. The van der Waals surface area contributed by atoms with E-state index in [1.807, 2.05) is 0 Å². The first-order chi connectivity index (χ1) is 9.43. The molecule has 1 N–H and O–H groups in total. The molecular weight excluding hydrogens is 250 g/mol. The van der Waals surface area contributed by atoms with E-state index >= 15 is 0 Å². The van der Waals surface area contributed by atoms with Crippen molar-refractivity contribution in [2.45, 2.75) is 71.8 Å². The summed E-state index contributed by atoms with van der Waals surface area (Å²) in [6.07, 6.45) is 5.73. The SMILES string of the molecule is Cc1cc(C(C(=O)O)C2CCCCC2)c(C)n1C(C)C. The lowest BCUT2D eigenvalue weighted by Gasteiger charge is -2.28. The fourth-order valence-electron chi connectivity index (χ4n) is 3.97. The number of aryl methyl sites for hydroxylation is 1. The predicted molar refractivity (Wildman–Crippen MR) is 81.2 cm³/mol. The van der Waals surface area contributed by atoms with E-state index in [1.54, 1.807) is 0 Å². The zero-order chi connectivity index (χ0) is 14.9. The van der Waals surface area contributed by atoms with Crippen LogP contribution in [0.15, 0.2) is 6.07 Å². The van der Waals surface area contributed by atoms with Crippen LogP contribution in [0.5, 0.6) is 0 Å². The minimum absolute atomic E-state index is 0.308. The van der Waals surface area contributed by atoms with Gasteiger partial charge in [0.2, 0.25) is 0 Å². The molecule has 2 rings (SSSR count). The van der Waals surface area contributed by atoms with Crippen molar-refractivity contribution in [1.82, 2.24) is 4.57 Å². The molecule has 1 saturated carbocycles. The van der Waals surface area contributed by atoms with Crippen molar-refractivity contribution in [3.05, 3.63) is 23.0 Å². The van der Waals surface area contributed by atoms with Crippen molar-refractivity contribution in [2.24, 2.45) is 5.92 Å². The monoisotopic (exact) mass is 277 g/mol. The molecule has 0 amide bonds. The van der Waals surface area contributed by atoms with Crippen LogP contribution in [0, 0.1) is 19.8 Å². The Balaban J connectivity index is 2.39. The maximum Gasteiger partial charge on any atom is 0.311 e. The lowest BCUT2D eigenvalue weighted by Crippen LogP contribution is -2.24. The van der Waals surface area contributed by atoms with Crippen LogP contribution < -0.4 is 0 Å². The molecule has 20 heavy (non-hydrogen) atoms. The number of aromatic nitrogens is 1. The van der Waals surface area contributed by atoms with Gasteiger partial charge in [0.1, 0.15) is 0 Å². The molecule has 1 heterocycles. The van der Waals surface area contributed by atoms with Gasteiger partial charge in [-0.2, -0.15) is 0 Å². The Labute approximate surface area is 122 Å². The van der Waals surface area contributed by atoms with Gasteiger partial charge in [0.15, 0.2) is 0 Å². The van der Waals surface area contributed by atoms with Crippen molar-refractivity contribution < 1.29 is 9.90 Å². The van der Waals surface area contributed by atoms with Crippen LogP contribution in [0.1, 0.15) is 74.9 Å². The molecule has 1 unspecified atom stereocenters. The lowest BCUT2D eigenvalue weighted by atomic mass is 9.77. The molecule has 3 heteroatoms. The van der Waals surface area contributed by atoms with E-state index in [4.69, 9.17) is 0 Å². The van der Waals surface area contributed by atoms with Crippen molar-refractivity contribution in [1.29, 1.82) is 0 Å². The van der Waals surface area contributed by atoms with Crippen LogP contribution in [0.4, 0.5) is 0 Å². The first-order valence-corrected chi connectivity index (χ1v) is 7.84. The molecular formula is C17H27NO2. The highest BCUT2D eigenvalue weighted by molar-refractivity contribution is 5.77. The molecule has 112 valence electrons. The molecule has 0 saturated heterocycles. The summed E-state index contributed by atoms with van der Waals surface area (Å²) in [5.74, 6) is -0.669. The molecule has 0 spiro atoms. The molecule has 0 radical (unpaired) electrons. The third kappa shape index (κ3) is 2.77. The van der Waals surface area contributed by atoms with E-state index in [9.17, 15) is 9.90 Å². The second-order valence-electron chi connectivity index (χ2n) is 6.50. The zero-order valence-electron chi connectivity index (χ0n) is 13.1. The normalized spacial score (nSPS) is 18.4. The topological polar surface area (TPSA) is 42.2 Å². The largest absolute Gasteiger partial charge is 0.481 e. The fourth-order valence-corrected chi connectivity index (χ4v) is 3.97. The summed E-state index contributed by atoms with van der Waals surface area (Å²) < 4.78 is 2.26. The Bertz CT molecular complexity index is 481. The van der Waals surface area contributed by atoms with Crippen molar-refractivity contribution in [3.8, 4) is 0 Å². The Morgan fingerprint density at radius 2 is 1.85 bits per heavy atom. The second-order valence-corrected chi connectivity index (χ2v) is 6.50. The van der Waals surface area contributed by atoms with E-state index in [0.717, 1.165) is 24.1 Å². The fraction of sp³-hybridized carbons (Fsp3) is 0.706. The number of rotatable bonds is 4. The predicted octanol–water partition coefficient (Wildman–Crippen LogP) is 4.43. The van der Waals surface area contributed by atoms with Gasteiger partial charge in [-0.15, -0.1) is 0 Å². The Morgan fingerprint density at radius 1 is 1.25 bits per heavy atom. The summed E-state index contributed by atoms with van der Waals surface area (Å²) in [7, 11) is 0. The van der Waals surface area contributed by atoms with Gasteiger partial charge in [-0.1, -0.05) is 19.3 Å². The molecule has 0 bridgehead atoms. The number of aliphatic carboxylic acids is 1. The highest BCUT2D eigenvalue weighted by atomic mass is 16.4. The molecule has 1 aliphatic carbocycles. The zero-order valence-corrected chi connectivity index (χ0v) is 13.1. The summed E-state index contributed by atoms with van der Waals surface area (Å²) in [4.78, 5) is 11.8. The molecule has 1 aromatic rings. The van der Waals surface area contributed by atoms with Gasteiger partial charge >= 0.3 is 5.97 Å². The van der Waals surface area contributed by atoms with Crippen LogP contribution in [0.25, 0.3) is 0 Å². The maximum absolute atomic E-state index is 11.8. The molecule has 1 aliphatic rings. The summed E-state index contributed by atoms with van der Waals surface area (Å²) in [6.45, 7) is 8.46. The Kier molecular flexibility index (Phi) is 4.56. The van der Waals surface area contributed by atoms with Crippen LogP contribution >= 0.6 is 0 Å². The quantitative estimate of drug-likeness (QED) is 0.884. The minimum atomic E-state index is -0.652. The van der Waals surface area contributed by atoms with Gasteiger partial charge in [-0.05, 0) is 58.1 Å². The first-order valence-electron chi connectivity index (χ1n) is 7.84. The number of nitrogens with zero attached hydrogens (tertiary/aromatic N) is 1. The van der Waals surface area contributed by atoms with E-state index in [0.29, 0.717) is 12.0 Å². The van der Waals surface area contributed by atoms with Gasteiger partial charge in [0.25, 0.3) is 0 Å². The van der Waals surface area contributed by atoms with E-state index in [2.05, 4.69) is 38.3 Å². The van der Waals surface area contributed by atoms with E-state index in [1.165, 1.54) is 25.0 Å². The number of carbonyl (C=O) groups is 1. The summed E-state index contributed by atoms with van der Waals surface area (Å²) in [6, 6.07) is 2.48. The molecule has 3 nitrogen and oxygen atoms in total. The minimum Gasteiger partial charge on any atom is -0.481 e. The molecule has 1 aromatic heterocycles. The average molecular weight is 277 g/mol. The molecule has 0 aromatic carbocycles. The van der Waals surface area contributed by atoms with Crippen molar-refractivity contribution >= 4 is 5.97 Å². The smallest absolute Gasteiger partial charge is 0.311 e. The third-order valence-corrected chi connectivity index (χ3v) is 4.76. The molecule has 0 aliphatic heterocycles. The second kappa shape index (κ2) is 6.02. The summed E-state index contributed by atoms with van der Waals surface area (Å²) >= 11 is 0. The van der Waals surface area contributed by atoms with Crippen LogP contribution in [-0.4, -0.2) is 15.6 Å². The highest BCUT2D eigenvalue weighted by Crippen LogP contribution is 2.39. The lowest BCUT2D eigenvalue weighted by molar-refractivity contribution is -0.140. The molecule has 1 atom stereocenters. The van der Waals surface area contributed by atoms with Crippen molar-refractivity contribution in [3.63, 3.8) is 0 Å². The van der Waals surface area contributed by atoms with Gasteiger partial charge in [-0.25, -0.2) is 0 Å². The highest BCUT2D eigenvalue weighted by Gasteiger charge is 2.33. The average Bonchev–Trinajstić information content (AvgIpc) is 2.66. The Morgan fingerprint density at radius 3 is 2.30 bits per heavy atom. The maximum atomic E-state index is 11.8. The van der Waals surface area contributed by atoms with Gasteiger partial charge < -0.3 is 9.67 Å². The standard InChI is InChI=1S/C17H27NO2/c1-11(2)18-12(3)10-15(13(18)4)16(17(19)20)14-8-6-5-7-9-14/h10-11,14,16H,5-9H2,1-4H3,(H,19,20). The van der Waals surface area contributed by atoms with Gasteiger partial charge in [0, 0.05) is 17.4 Å². The van der Waals surface area contributed by atoms with Crippen LogP contribution in [0.3, 0.4) is 0 Å². The van der Waals surface area contributed by atoms with E-state index < -0.39 is 5.97 Å². The summed E-state index contributed by atoms with van der Waals surface area (Å²) in [5, 5.41) is 9.73. The number of carboxylic acids is 1. The van der Waals surface area contributed by atoms with E-state index in [-0.39, 0.29) is 5.92 Å². The number of hydrogen-bond acceptors (Lipinski definition) is 1. The van der Waals surface area contributed by atoms with Crippen LogP contribution in [-0.2, 0) is 4.79 Å².